The molecule has 0 spiro atoms. The van der Waals surface area contributed by atoms with E-state index >= 15 is 0 Å². The van der Waals surface area contributed by atoms with Gasteiger partial charge in [-0.15, -0.1) is 0 Å². The molecule has 0 aliphatic carbocycles. The zero-order valence-corrected chi connectivity index (χ0v) is 13.5. The molecule has 108 valence electrons. The van der Waals surface area contributed by atoms with Gasteiger partial charge in [-0.3, -0.25) is 0 Å². The normalized spacial score (nSPS) is 23.3. The van der Waals surface area contributed by atoms with Gasteiger partial charge >= 0.3 is 0 Å². The maximum atomic E-state index is 3.65. The molecule has 0 amide bonds. The Hall–Kier alpha value is -0.0800. The van der Waals surface area contributed by atoms with Gasteiger partial charge in [0.2, 0.25) is 0 Å². The zero-order chi connectivity index (χ0) is 13.8. The largest absolute Gasteiger partial charge is 0.311 e. The summed E-state index contributed by atoms with van der Waals surface area (Å²) in [5.41, 5.74) is 0.591. The summed E-state index contributed by atoms with van der Waals surface area (Å²) in [7, 11) is 0. The molecule has 1 aliphatic heterocycles. The van der Waals surface area contributed by atoms with Gasteiger partial charge in [0, 0.05) is 25.2 Å². The minimum Gasteiger partial charge on any atom is -0.311 e. The fourth-order valence-electron chi connectivity index (χ4n) is 2.79. The number of piperidine rings is 1. The highest BCUT2D eigenvalue weighted by Gasteiger charge is 2.26. The van der Waals surface area contributed by atoms with Gasteiger partial charge in [-0.25, -0.2) is 0 Å². The summed E-state index contributed by atoms with van der Waals surface area (Å²) in [4.78, 5) is 2.68. The number of likely N-dealkylation sites (tertiary alicyclic amines) is 1. The highest BCUT2D eigenvalue weighted by Crippen LogP contribution is 2.24. The van der Waals surface area contributed by atoms with E-state index in [1.54, 1.807) is 0 Å². The van der Waals surface area contributed by atoms with Crippen LogP contribution in [-0.2, 0) is 0 Å². The van der Waals surface area contributed by atoms with Crippen molar-refractivity contribution >= 4 is 0 Å². The van der Waals surface area contributed by atoms with Gasteiger partial charge in [0.1, 0.15) is 0 Å². The molecule has 2 nitrogen and oxygen atoms in total. The van der Waals surface area contributed by atoms with Crippen molar-refractivity contribution in [1.29, 1.82) is 0 Å². The first-order valence-electron chi connectivity index (χ1n) is 7.69. The van der Waals surface area contributed by atoms with E-state index in [4.69, 9.17) is 0 Å². The summed E-state index contributed by atoms with van der Waals surface area (Å²) in [6, 6.07) is 0. The first-order valence-corrected chi connectivity index (χ1v) is 7.69. The molecule has 1 heterocycles. The van der Waals surface area contributed by atoms with Gasteiger partial charge in [-0.2, -0.15) is 0 Å². The number of nitrogens with zero attached hydrogens (tertiary/aromatic N) is 1. The fourth-order valence-corrected chi connectivity index (χ4v) is 2.79. The number of rotatable bonds is 5. The number of nitrogens with one attached hydrogen (secondary N) is 1. The first-order chi connectivity index (χ1) is 8.22. The molecular weight excluding hydrogens is 220 g/mol. The maximum absolute atomic E-state index is 3.65. The van der Waals surface area contributed by atoms with Gasteiger partial charge in [0.25, 0.3) is 0 Å². The Morgan fingerprint density at radius 2 is 1.83 bits per heavy atom. The monoisotopic (exact) mass is 254 g/mol. The minimum atomic E-state index is 0.227. The lowest BCUT2D eigenvalue weighted by Crippen LogP contribution is -2.48. The Kier molecular flexibility index (Phi) is 5.67. The van der Waals surface area contributed by atoms with E-state index in [2.05, 4.69) is 51.8 Å². The van der Waals surface area contributed by atoms with Crippen molar-refractivity contribution in [3.8, 4) is 0 Å². The van der Waals surface area contributed by atoms with Crippen LogP contribution < -0.4 is 5.32 Å². The van der Waals surface area contributed by atoms with E-state index in [0.717, 1.165) is 12.5 Å². The predicted octanol–water partition coefficient (Wildman–Crippen LogP) is 3.52. The van der Waals surface area contributed by atoms with Gasteiger partial charge in [-0.1, -0.05) is 27.2 Å². The van der Waals surface area contributed by atoms with Crippen LogP contribution in [0.2, 0.25) is 0 Å². The average Bonchev–Trinajstić information content (AvgIpc) is 2.25. The molecule has 1 unspecified atom stereocenters. The third-order valence-corrected chi connectivity index (χ3v) is 3.93. The van der Waals surface area contributed by atoms with Crippen LogP contribution in [-0.4, -0.2) is 36.6 Å². The van der Waals surface area contributed by atoms with Crippen LogP contribution in [0.1, 0.15) is 60.8 Å². The van der Waals surface area contributed by atoms with Crippen LogP contribution in [0.3, 0.4) is 0 Å². The van der Waals surface area contributed by atoms with E-state index in [1.165, 1.54) is 38.9 Å². The SMILES string of the molecule is CCC1CCCN(CC(C)(C)CNC(C)(C)C)C1. The van der Waals surface area contributed by atoms with E-state index in [-0.39, 0.29) is 5.54 Å². The molecule has 0 radical (unpaired) electrons. The van der Waals surface area contributed by atoms with Gasteiger partial charge < -0.3 is 10.2 Å². The topological polar surface area (TPSA) is 15.3 Å². The molecule has 0 aromatic rings. The van der Waals surface area contributed by atoms with Crippen LogP contribution in [0.5, 0.6) is 0 Å². The van der Waals surface area contributed by atoms with E-state index in [1.807, 2.05) is 0 Å². The molecule has 1 aliphatic rings. The Labute approximate surface area is 115 Å². The number of hydrogen-bond donors (Lipinski definition) is 1. The summed E-state index contributed by atoms with van der Waals surface area (Å²) in [6.07, 6.45) is 4.17. The Bertz CT molecular complexity index is 240. The standard InChI is InChI=1S/C16H34N2/c1-7-14-9-8-10-18(11-14)13-16(5,6)12-17-15(2,3)4/h14,17H,7-13H2,1-6H3. The van der Waals surface area contributed by atoms with E-state index in [9.17, 15) is 0 Å². The Morgan fingerprint density at radius 3 is 2.39 bits per heavy atom. The Morgan fingerprint density at radius 1 is 1.17 bits per heavy atom. The van der Waals surface area contributed by atoms with Crippen molar-refractivity contribution in [2.75, 3.05) is 26.2 Å². The summed E-state index contributed by atoms with van der Waals surface area (Å²) >= 11 is 0. The van der Waals surface area contributed by atoms with Gasteiger partial charge in [0.15, 0.2) is 0 Å². The molecule has 0 saturated carbocycles. The number of hydrogen-bond acceptors (Lipinski definition) is 2. The van der Waals surface area contributed by atoms with Crippen LogP contribution >= 0.6 is 0 Å². The van der Waals surface area contributed by atoms with Gasteiger partial charge in [0.05, 0.1) is 0 Å². The van der Waals surface area contributed by atoms with Crippen molar-refractivity contribution in [3.05, 3.63) is 0 Å². The van der Waals surface area contributed by atoms with Gasteiger partial charge in [-0.05, 0) is 51.5 Å². The molecule has 0 aromatic carbocycles. The molecule has 1 N–H and O–H groups in total. The van der Waals surface area contributed by atoms with Crippen LogP contribution in [0, 0.1) is 11.3 Å². The molecule has 1 atom stereocenters. The van der Waals surface area contributed by atoms with Crippen molar-refractivity contribution in [2.45, 2.75) is 66.3 Å². The molecule has 1 rings (SSSR count). The van der Waals surface area contributed by atoms with Crippen molar-refractivity contribution < 1.29 is 0 Å². The smallest absolute Gasteiger partial charge is 0.00967 e. The van der Waals surface area contributed by atoms with E-state index in [0.29, 0.717) is 5.41 Å². The zero-order valence-electron chi connectivity index (χ0n) is 13.5. The quantitative estimate of drug-likeness (QED) is 0.807. The molecule has 1 fully saturated rings. The molecule has 2 heteroatoms. The van der Waals surface area contributed by atoms with Crippen molar-refractivity contribution in [2.24, 2.45) is 11.3 Å². The lowest BCUT2D eigenvalue weighted by atomic mass is 9.88. The second-order valence-electron chi connectivity index (χ2n) is 7.92. The third kappa shape index (κ3) is 6.19. The first kappa shape index (κ1) is 16.0. The maximum Gasteiger partial charge on any atom is 0.00967 e. The Balaban J connectivity index is 2.39. The van der Waals surface area contributed by atoms with Crippen molar-refractivity contribution in [3.63, 3.8) is 0 Å². The molecule has 18 heavy (non-hydrogen) atoms. The fraction of sp³-hybridized carbons (Fsp3) is 1.00. The third-order valence-electron chi connectivity index (χ3n) is 3.93. The van der Waals surface area contributed by atoms with Crippen LogP contribution in [0.25, 0.3) is 0 Å². The van der Waals surface area contributed by atoms with Crippen molar-refractivity contribution in [1.82, 2.24) is 10.2 Å². The summed E-state index contributed by atoms with van der Waals surface area (Å²) < 4.78 is 0. The second kappa shape index (κ2) is 6.38. The van der Waals surface area contributed by atoms with E-state index < -0.39 is 0 Å². The molecule has 0 bridgehead atoms. The lowest BCUT2D eigenvalue weighted by molar-refractivity contribution is 0.113. The summed E-state index contributed by atoms with van der Waals surface area (Å²) in [6.45, 7) is 18.8. The summed E-state index contributed by atoms with van der Waals surface area (Å²) in [5.74, 6) is 0.935. The molecular formula is C16H34N2. The highest BCUT2D eigenvalue weighted by molar-refractivity contribution is 4.83. The lowest BCUT2D eigenvalue weighted by Gasteiger charge is -2.39. The van der Waals surface area contributed by atoms with Crippen LogP contribution in [0.15, 0.2) is 0 Å². The molecule has 1 saturated heterocycles. The van der Waals surface area contributed by atoms with Crippen LogP contribution in [0.4, 0.5) is 0 Å². The second-order valence-corrected chi connectivity index (χ2v) is 7.92. The minimum absolute atomic E-state index is 0.227. The summed E-state index contributed by atoms with van der Waals surface area (Å²) in [5, 5.41) is 3.65. The average molecular weight is 254 g/mol. The predicted molar refractivity (Wildman–Crippen MR) is 81.0 cm³/mol. The highest BCUT2D eigenvalue weighted by atomic mass is 15.1. The molecule has 0 aromatic heterocycles.